The number of carbonyl (C=O) groups is 5. The van der Waals surface area contributed by atoms with E-state index in [1.165, 1.54) is 19.1 Å². The van der Waals surface area contributed by atoms with Crippen LogP contribution in [0.1, 0.15) is 63.0 Å². The lowest BCUT2D eigenvalue weighted by atomic mass is 9.85. The number of carbonyl (C=O) groups excluding carboxylic acids is 5. The summed E-state index contributed by atoms with van der Waals surface area (Å²) in [7, 11) is 0. The van der Waals surface area contributed by atoms with Gasteiger partial charge in [-0.25, -0.2) is 0 Å². The summed E-state index contributed by atoms with van der Waals surface area (Å²) >= 11 is 0. The first-order valence-electron chi connectivity index (χ1n) is 13.4. The minimum atomic E-state index is -4.50. The Kier molecular flexibility index (Phi) is 11.4. The molecule has 2 aromatic carbocycles. The van der Waals surface area contributed by atoms with Crippen LogP contribution in [0.3, 0.4) is 0 Å². The highest BCUT2D eigenvalue weighted by Gasteiger charge is 2.36. The van der Waals surface area contributed by atoms with E-state index in [2.05, 4.69) is 21.3 Å². The molecule has 2 rings (SSSR count). The third kappa shape index (κ3) is 9.71. The first-order valence-corrected chi connectivity index (χ1v) is 13.4. The molecule has 0 saturated heterocycles. The number of amides is 4. The van der Waals surface area contributed by atoms with Crippen molar-refractivity contribution in [2.75, 3.05) is 0 Å². The molecule has 0 radical (unpaired) electrons. The Bertz CT molecular complexity index is 1270. The van der Waals surface area contributed by atoms with Gasteiger partial charge in [0.25, 0.3) is 11.8 Å². The molecule has 4 N–H and O–H groups in total. The Morgan fingerprint density at radius 3 is 1.83 bits per heavy atom. The molecule has 2 aromatic rings. The largest absolute Gasteiger partial charge is 0.416 e. The van der Waals surface area contributed by atoms with Crippen molar-refractivity contribution in [1.82, 2.24) is 21.3 Å². The predicted octanol–water partition coefficient (Wildman–Crippen LogP) is 3.38. The summed E-state index contributed by atoms with van der Waals surface area (Å²) in [6, 6.07) is 9.09. The highest BCUT2D eigenvalue weighted by atomic mass is 19.4. The lowest BCUT2D eigenvalue weighted by molar-refractivity contribution is -0.141. The van der Waals surface area contributed by atoms with Crippen molar-refractivity contribution >= 4 is 29.4 Å². The fraction of sp³-hybridized carbons (Fsp3) is 0.433. The average molecular weight is 591 g/mol. The number of benzene rings is 2. The van der Waals surface area contributed by atoms with Crippen molar-refractivity contribution in [2.24, 2.45) is 11.3 Å². The van der Waals surface area contributed by atoms with Crippen LogP contribution in [0.5, 0.6) is 0 Å². The molecule has 0 bridgehead atoms. The Hall–Kier alpha value is -4.22. The van der Waals surface area contributed by atoms with Crippen molar-refractivity contribution in [2.45, 2.75) is 72.4 Å². The molecule has 0 aliphatic carbocycles. The number of hydrogen-bond donors (Lipinski definition) is 4. The number of halogens is 3. The van der Waals surface area contributed by atoms with E-state index in [-0.39, 0.29) is 6.54 Å². The lowest BCUT2D eigenvalue weighted by Crippen LogP contribution is -2.59. The van der Waals surface area contributed by atoms with Gasteiger partial charge in [-0.3, -0.25) is 24.0 Å². The Labute approximate surface area is 243 Å². The summed E-state index contributed by atoms with van der Waals surface area (Å²) in [4.78, 5) is 64.2. The predicted molar refractivity (Wildman–Crippen MR) is 150 cm³/mol. The second kappa shape index (κ2) is 14.1. The number of nitrogens with one attached hydrogen (secondary N) is 4. The van der Waals surface area contributed by atoms with Gasteiger partial charge in [-0.05, 0) is 48.1 Å². The van der Waals surface area contributed by atoms with Gasteiger partial charge in [0, 0.05) is 12.1 Å². The molecule has 0 fully saturated rings. The molecule has 3 atom stereocenters. The topological polar surface area (TPSA) is 133 Å². The zero-order chi connectivity index (χ0) is 31.8. The molecule has 42 heavy (non-hydrogen) atoms. The molecule has 0 aliphatic rings. The molecule has 0 aromatic heterocycles. The van der Waals surface area contributed by atoms with Gasteiger partial charge < -0.3 is 21.3 Å². The molecular formula is C30H37F3N4O5. The number of ketones is 1. The summed E-state index contributed by atoms with van der Waals surface area (Å²) in [5.41, 5.74) is -0.852. The fourth-order valence-corrected chi connectivity index (χ4v) is 3.88. The van der Waals surface area contributed by atoms with Gasteiger partial charge in [0.1, 0.15) is 12.1 Å². The fourth-order valence-electron chi connectivity index (χ4n) is 3.88. The second-order valence-electron chi connectivity index (χ2n) is 11.3. The van der Waals surface area contributed by atoms with Crippen LogP contribution in [-0.2, 0) is 31.9 Å². The number of Topliss-reactive ketones (excluding diaryl/α,β-unsaturated/α-hetero) is 1. The lowest BCUT2D eigenvalue weighted by Gasteiger charge is -2.31. The van der Waals surface area contributed by atoms with Gasteiger partial charge in [-0.15, -0.1) is 0 Å². The van der Waals surface area contributed by atoms with Crippen LogP contribution in [-0.4, -0.2) is 47.5 Å². The first-order chi connectivity index (χ1) is 19.4. The average Bonchev–Trinajstić information content (AvgIpc) is 2.91. The van der Waals surface area contributed by atoms with E-state index in [1.54, 1.807) is 65.0 Å². The van der Waals surface area contributed by atoms with Crippen LogP contribution in [0, 0.1) is 11.3 Å². The second-order valence-corrected chi connectivity index (χ2v) is 11.3. The van der Waals surface area contributed by atoms with E-state index in [9.17, 15) is 37.1 Å². The molecule has 0 aliphatic heterocycles. The van der Waals surface area contributed by atoms with Gasteiger partial charge >= 0.3 is 6.18 Å². The summed E-state index contributed by atoms with van der Waals surface area (Å²) in [6.45, 7) is 9.70. The summed E-state index contributed by atoms with van der Waals surface area (Å²) in [5, 5.41) is 10.1. The molecular weight excluding hydrogens is 553 g/mol. The van der Waals surface area contributed by atoms with Gasteiger partial charge in [0.2, 0.25) is 17.6 Å². The van der Waals surface area contributed by atoms with Crippen LogP contribution in [0.25, 0.3) is 0 Å². The van der Waals surface area contributed by atoms with Crippen molar-refractivity contribution in [1.29, 1.82) is 0 Å². The molecule has 9 nitrogen and oxygen atoms in total. The van der Waals surface area contributed by atoms with Crippen LogP contribution in [0.2, 0.25) is 0 Å². The maximum atomic E-state index is 13.1. The third-order valence-corrected chi connectivity index (χ3v) is 6.40. The highest BCUT2D eigenvalue weighted by molar-refractivity contribution is 6.38. The Morgan fingerprint density at radius 1 is 0.762 bits per heavy atom. The Morgan fingerprint density at radius 2 is 1.33 bits per heavy atom. The molecule has 0 spiro atoms. The van der Waals surface area contributed by atoms with Crippen molar-refractivity contribution in [3.63, 3.8) is 0 Å². The first kappa shape index (κ1) is 34.0. The minimum Gasteiger partial charge on any atom is -0.345 e. The summed E-state index contributed by atoms with van der Waals surface area (Å²) in [6.07, 6.45) is -4.50. The van der Waals surface area contributed by atoms with Crippen molar-refractivity contribution in [3.05, 3.63) is 71.3 Å². The molecule has 228 valence electrons. The molecule has 0 heterocycles. The SMILES string of the molecule is CC(NC(=O)C(NC(=O)c1ccccc1)C(C)(C)C)C(=O)NC(C(=O)C(=O)NCc1ccc(C(F)(F)F)cc1)C(C)C. The van der Waals surface area contributed by atoms with E-state index in [1.807, 2.05) is 0 Å². The zero-order valence-corrected chi connectivity index (χ0v) is 24.4. The van der Waals surface area contributed by atoms with Gasteiger partial charge in [0.05, 0.1) is 11.6 Å². The Balaban J connectivity index is 2.02. The molecule has 3 unspecified atom stereocenters. The smallest absolute Gasteiger partial charge is 0.345 e. The van der Waals surface area contributed by atoms with E-state index >= 15 is 0 Å². The summed E-state index contributed by atoms with van der Waals surface area (Å²) < 4.78 is 38.3. The summed E-state index contributed by atoms with van der Waals surface area (Å²) in [5.74, 6) is -4.29. The molecule has 12 heteroatoms. The van der Waals surface area contributed by atoms with Crippen molar-refractivity contribution < 1.29 is 37.1 Å². The maximum absolute atomic E-state index is 13.1. The molecule has 0 saturated carbocycles. The van der Waals surface area contributed by atoms with Crippen LogP contribution in [0.4, 0.5) is 13.2 Å². The number of hydrogen-bond acceptors (Lipinski definition) is 5. The zero-order valence-electron chi connectivity index (χ0n) is 24.4. The molecule has 4 amide bonds. The number of rotatable bonds is 11. The van der Waals surface area contributed by atoms with E-state index in [0.29, 0.717) is 11.1 Å². The van der Waals surface area contributed by atoms with Gasteiger partial charge in [-0.2, -0.15) is 13.2 Å². The monoisotopic (exact) mass is 590 g/mol. The number of alkyl halides is 3. The normalized spacial score (nSPS) is 13.9. The highest BCUT2D eigenvalue weighted by Crippen LogP contribution is 2.29. The van der Waals surface area contributed by atoms with E-state index in [4.69, 9.17) is 0 Å². The standard InChI is InChI=1S/C30H37F3N4O5/c1-17(2)22(23(38)27(41)34-16-19-12-14-21(15-13-19)30(31,32)33)36-25(39)18(3)35-28(42)24(29(4,5)6)37-26(40)20-10-8-7-9-11-20/h7-15,17-18,22,24H,16H2,1-6H3,(H,34,41)(H,35,42)(H,36,39)(H,37,40). The van der Waals surface area contributed by atoms with Gasteiger partial charge in [-0.1, -0.05) is 65.0 Å². The minimum absolute atomic E-state index is 0.198. The van der Waals surface area contributed by atoms with E-state index < -0.39 is 70.6 Å². The quantitative estimate of drug-likeness (QED) is 0.298. The van der Waals surface area contributed by atoms with Crippen LogP contribution in [0.15, 0.2) is 54.6 Å². The van der Waals surface area contributed by atoms with Gasteiger partial charge in [0.15, 0.2) is 0 Å². The third-order valence-electron chi connectivity index (χ3n) is 6.40. The van der Waals surface area contributed by atoms with E-state index in [0.717, 1.165) is 12.1 Å². The van der Waals surface area contributed by atoms with Crippen LogP contribution >= 0.6 is 0 Å². The van der Waals surface area contributed by atoms with Crippen molar-refractivity contribution in [3.8, 4) is 0 Å². The van der Waals surface area contributed by atoms with Crippen LogP contribution < -0.4 is 21.3 Å². The maximum Gasteiger partial charge on any atom is 0.416 e.